The van der Waals surface area contributed by atoms with Crippen molar-refractivity contribution < 1.29 is 14.7 Å². The lowest BCUT2D eigenvalue weighted by Crippen LogP contribution is -2.24. The smallest absolute Gasteiger partial charge is 0.337 e. The summed E-state index contributed by atoms with van der Waals surface area (Å²) in [4.78, 5) is 33.3. The maximum absolute atomic E-state index is 11.8. The van der Waals surface area contributed by atoms with Gasteiger partial charge in [-0.05, 0) is 19.1 Å². The van der Waals surface area contributed by atoms with E-state index in [2.05, 4.69) is 20.3 Å². The van der Waals surface area contributed by atoms with Crippen LogP contribution in [-0.4, -0.2) is 31.9 Å². The number of aromatic amines is 1. The molecule has 1 amide bonds. The van der Waals surface area contributed by atoms with Crippen LogP contribution < -0.4 is 5.32 Å². The van der Waals surface area contributed by atoms with Crippen LogP contribution in [0.1, 0.15) is 32.2 Å². The topological polar surface area (TPSA) is 108 Å². The maximum Gasteiger partial charge on any atom is 0.337 e. The first kappa shape index (κ1) is 12.7. The van der Waals surface area contributed by atoms with Gasteiger partial charge in [0.15, 0.2) is 0 Å². The maximum atomic E-state index is 11.8. The van der Waals surface area contributed by atoms with Gasteiger partial charge in [0.2, 0.25) is 0 Å². The Labute approximate surface area is 108 Å². The van der Waals surface area contributed by atoms with Crippen molar-refractivity contribution in [3.63, 3.8) is 0 Å². The van der Waals surface area contributed by atoms with Crippen molar-refractivity contribution in [2.75, 3.05) is 0 Å². The molecule has 19 heavy (non-hydrogen) atoms. The number of hydrogen-bond acceptors (Lipinski definition) is 4. The van der Waals surface area contributed by atoms with E-state index in [9.17, 15) is 9.59 Å². The van der Waals surface area contributed by atoms with Crippen molar-refractivity contribution in [2.24, 2.45) is 0 Å². The number of carboxylic acids is 1. The fourth-order valence-corrected chi connectivity index (χ4v) is 1.56. The van der Waals surface area contributed by atoms with Crippen LogP contribution in [0.2, 0.25) is 0 Å². The van der Waals surface area contributed by atoms with Crippen molar-refractivity contribution in [1.82, 2.24) is 20.3 Å². The number of amides is 1. The van der Waals surface area contributed by atoms with Gasteiger partial charge in [0.05, 0.1) is 29.8 Å². The minimum absolute atomic E-state index is 0.0881. The first-order chi connectivity index (χ1) is 9.08. The molecule has 7 nitrogen and oxygen atoms in total. The third kappa shape index (κ3) is 2.95. The number of rotatable bonds is 4. The van der Waals surface area contributed by atoms with Crippen molar-refractivity contribution in [1.29, 1.82) is 0 Å². The zero-order valence-electron chi connectivity index (χ0n) is 10.2. The summed E-state index contributed by atoms with van der Waals surface area (Å²) in [5, 5.41) is 11.5. The fourth-order valence-electron chi connectivity index (χ4n) is 1.56. The van der Waals surface area contributed by atoms with Crippen LogP contribution in [0, 0.1) is 6.92 Å². The van der Waals surface area contributed by atoms with Gasteiger partial charge in [-0.15, -0.1) is 0 Å². The quantitative estimate of drug-likeness (QED) is 0.751. The average molecular weight is 260 g/mol. The Morgan fingerprint density at radius 2 is 2.21 bits per heavy atom. The molecule has 0 saturated carbocycles. The molecule has 2 heterocycles. The molecular formula is C12H12N4O3. The van der Waals surface area contributed by atoms with E-state index in [0.717, 1.165) is 5.69 Å². The first-order valence-corrected chi connectivity index (χ1v) is 5.54. The van der Waals surface area contributed by atoms with Crippen molar-refractivity contribution in [2.45, 2.75) is 13.5 Å². The van der Waals surface area contributed by atoms with Crippen molar-refractivity contribution in [3.05, 3.63) is 47.3 Å². The van der Waals surface area contributed by atoms with Crippen LogP contribution in [0.4, 0.5) is 0 Å². The van der Waals surface area contributed by atoms with Gasteiger partial charge in [-0.1, -0.05) is 0 Å². The van der Waals surface area contributed by atoms with Crippen LogP contribution in [0.5, 0.6) is 0 Å². The zero-order chi connectivity index (χ0) is 13.8. The summed E-state index contributed by atoms with van der Waals surface area (Å²) in [6, 6.07) is 2.76. The van der Waals surface area contributed by atoms with Crippen molar-refractivity contribution >= 4 is 11.9 Å². The molecule has 0 aromatic carbocycles. The van der Waals surface area contributed by atoms with Crippen LogP contribution in [0.25, 0.3) is 0 Å². The van der Waals surface area contributed by atoms with E-state index in [0.29, 0.717) is 12.2 Å². The predicted octanol–water partition coefficient (Wildman–Crippen LogP) is 0.741. The summed E-state index contributed by atoms with van der Waals surface area (Å²) in [5.41, 5.74) is 1.35. The first-order valence-electron chi connectivity index (χ1n) is 5.54. The number of carboxylic acid groups (broad SMARTS) is 1. The van der Waals surface area contributed by atoms with Gasteiger partial charge >= 0.3 is 5.97 Å². The molecule has 0 bridgehead atoms. The molecule has 0 aliphatic heterocycles. The highest BCUT2D eigenvalue weighted by Gasteiger charge is 2.12. The summed E-state index contributed by atoms with van der Waals surface area (Å²) in [6.45, 7) is 1.86. The minimum atomic E-state index is -1.06. The Balaban J connectivity index is 2.07. The number of nitrogens with one attached hydrogen (secondary N) is 2. The highest BCUT2D eigenvalue weighted by atomic mass is 16.4. The Morgan fingerprint density at radius 1 is 1.42 bits per heavy atom. The number of aromatic carboxylic acids is 1. The average Bonchev–Trinajstić information content (AvgIpc) is 2.88. The SMILES string of the molecule is Cc1nc(C(=O)NCc2cnc[nH]2)ccc1C(=O)O. The molecular weight excluding hydrogens is 248 g/mol. The molecule has 7 heteroatoms. The van der Waals surface area contributed by atoms with Gasteiger partial charge in [-0.2, -0.15) is 0 Å². The van der Waals surface area contributed by atoms with Gasteiger partial charge < -0.3 is 15.4 Å². The number of hydrogen-bond donors (Lipinski definition) is 3. The Morgan fingerprint density at radius 3 is 2.79 bits per heavy atom. The number of carbonyl (C=O) groups is 2. The lowest BCUT2D eigenvalue weighted by molar-refractivity contribution is 0.0694. The molecule has 0 unspecified atom stereocenters. The van der Waals surface area contributed by atoms with Gasteiger partial charge in [0.25, 0.3) is 5.91 Å². The summed E-state index contributed by atoms with van der Waals surface area (Å²) < 4.78 is 0. The van der Waals surface area contributed by atoms with E-state index in [4.69, 9.17) is 5.11 Å². The van der Waals surface area contributed by atoms with Gasteiger partial charge in [-0.25, -0.2) is 14.8 Å². The number of aromatic nitrogens is 3. The van der Waals surface area contributed by atoms with Gasteiger partial charge in [-0.3, -0.25) is 4.79 Å². The zero-order valence-corrected chi connectivity index (χ0v) is 10.2. The molecule has 0 spiro atoms. The van der Waals surface area contributed by atoms with Crippen molar-refractivity contribution in [3.8, 4) is 0 Å². The fraction of sp³-hybridized carbons (Fsp3) is 0.167. The number of H-pyrrole nitrogens is 1. The molecule has 0 aliphatic rings. The van der Waals surface area contributed by atoms with E-state index in [-0.39, 0.29) is 17.2 Å². The largest absolute Gasteiger partial charge is 0.478 e. The third-order valence-electron chi connectivity index (χ3n) is 2.54. The number of imidazole rings is 1. The van der Waals surface area contributed by atoms with Crippen LogP contribution in [0.15, 0.2) is 24.7 Å². The van der Waals surface area contributed by atoms with Crippen LogP contribution in [0.3, 0.4) is 0 Å². The molecule has 3 N–H and O–H groups in total. The third-order valence-corrected chi connectivity index (χ3v) is 2.54. The Bertz CT molecular complexity index is 607. The highest BCUT2D eigenvalue weighted by Crippen LogP contribution is 2.07. The summed E-state index contributed by atoms with van der Waals surface area (Å²) in [7, 11) is 0. The molecule has 0 atom stereocenters. The summed E-state index contributed by atoms with van der Waals surface area (Å²) in [5.74, 6) is -1.43. The van der Waals surface area contributed by atoms with E-state index in [1.165, 1.54) is 18.5 Å². The lowest BCUT2D eigenvalue weighted by Gasteiger charge is -2.05. The molecule has 0 radical (unpaired) electrons. The predicted molar refractivity (Wildman–Crippen MR) is 65.7 cm³/mol. The number of aryl methyl sites for hydroxylation is 1. The highest BCUT2D eigenvalue weighted by molar-refractivity contribution is 5.94. The molecule has 2 rings (SSSR count). The monoisotopic (exact) mass is 260 g/mol. The second kappa shape index (κ2) is 5.30. The Kier molecular flexibility index (Phi) is 3.56. The number of pyridine rings is 1. The van der Waals surface area contributed by atoms with Crippen LogP contribution >= 0.6 is 0 Å². The van der Waals surface area contributed by atoms with Gasteiger partial charge in [0, 0.05) is 6.20 Å². The summed E-state index contributed by atoms with van der Waals surface area (Å²) in [6.07, 6.45) is 3.12. The molecule has 2 aromatic heterocycles. The van der Waals surface area contributed by atoms with E-state index in [1.54, 1.807) is 13.1 Å². The van der Waals surface area contributed by atoms with E-state index < -0.39 is 5.97 Å². The number of carbonyl (C=O) groups excluding carboxylic acids is 1. The standard InChI is InChI=1S/C12H12N4O3/c1-7-9(12(18)19)2-3-10(16-7)11(17)14-5-8-4-13-6-15-8/h2-4,6H,5H2,1H3,(H,13,15)(H,14,17)(H,18,19). The molecule has 0 aliphatic carbocycles. The Hall–Kier alpha value is -2.70. The normalized spacial score (nSPS) is 10.2. The lowest BCUT2D eigenvalue weighted by atomic mass is 10.2. The molecule has 0 saturated heterocycles. The molecule has 2 aromatic rings. The van der Waals surface area contributed by atoms with E-state index >= 15 is 0 Å². The van der Waals surface area contributed by atoms with Crippen LogP contribution in [-0.2, 0) is 6.54 Å². The van der Waals surface area contributed by atoms with E-state index in [1.807, 2.05) is 0 Å². The molecule has 98 valence electrons. The second-order valence-electron chi connectivity index (χ2n) is 3.89. The molecule has 0 fully saturated rings. The second-order valence-corrected chi connectivity index (χ2v) is 3.89. The summed E-state index contributed by atoms with van der Waals surface area (Å²) >= 11 is 0. The number of nitrogens with zero attached hydrogens (tertiary/aromatic N) is 2. The van der Waals surface area contributed by atoms with Gasteiger partial charge in [0.1, 0.15) is 5.69 Å². The minimum Gasteiger partial charge on any atom is -0.478 e.